The Morgan fingerprint density at radius 2 is 2.12 bits per heavy atom. The summed E-state index contributed by atoms with van der Waals surface area (Å²) in [6.07, 6.45) is 0. The molecule has 0 aromatic heterocycles. The minimum Gasteiger partial charge on any atom is -0.368 e. The van der Waals surface area contributed by atoms with E-state index in [0.29, 0.717) is 10.0 Å². The summed E-state index contributed by atoms with van der Waals surface area (Å²) in [7, 11) is 0. The third kappa shape index (κ3) is 3.28. The van der Waals surface area contributed by atoms with E-state index in [-0.39, 0.29) is 11.9 Å². The molecule has 0 saturated carbocycles. The number of nitrogens with two attached hydrogens (primary N) is 1. The number of benzene rings is 1. The molecule has 3 N–H and O–H groups in total. The van der Waals surface area contributed by atoms with Gasteiger partial charge in [-0.15, -0.1) is 0 Å². The summed E-state index contributed by atoms with van der Waals surface area (Å²) < 4.78 is 14.3. The van der Waals surface area contributed by atoms with Crippen LogP contribution in [0.2, 0.25) is 0 Å². The molecule has 2 atom stereocenters. The first kappa shape index (κ1) is 13.1. The van der Waals surface area contributed by atoms with E-state index < -0.39 is 11.9 Å². The van der Waals surface area contributed by atoms with Gasteiger partial charge in [-0.25, -0.2) is 4.39 Å². The highest BCUT2D eigenvalue weighted by Crippen LogP contribution is 2.21. The molecule has 1 rings (SSSR count). The standard InChI is InChI=1S/C11H14BrFN2O/c1-6(15-7(2)11(14)16)9-4-3-8(12)5-10(9)13/h3-7,15H,1-2H3,(H2,14,16). The number of nitrogens with one attached hydrogen (secondary N) is 1. The van der Waals surface area contributed by atoms with Gasteiger partial charge in [0.1, 0.15) is 5.82 Å². The first-order valence-electron chi connectivity index (χ1n) is 4.92. The molecule has 0 bridgehead atoms. The highest BCUT2D eigenvalue weighted by Gasteiger charge is 2.16. The maximum Gasteiger partial charge on any atom is 0.234 e. The van der Waals surface area contributed by atoms with Gasteiger partial charge in [-0.3, -0.25) is 10.1 Å². The Hall–Kier alpha value is -0.940. The Bertz CT molecular complexity index is 398. The van der Waals surface area contributed by atoms with Gasteiger partial charge in [0, 0.05) is 16.1 Å². The Labute approximate surface area is 102 Å². The van der Waals surface area contributed by atoms with Gasteiger partial charge in [0.2, 0.25) is 5.91 Å². The molecule has 5 heteroatoms. The summed E-state index contributed by atoms with van der Waals surface area (Å²) in [5.41, 5.74) is 5.63. The van der Waals surface area contributed by atoms with Crippen molar-refractivity contribution in [3.8, 4) is 0 Å². The van der Waals surface area contributed by atoms with Crippen LogP contribution in [0.25, 0.3) is 0 Å². The van der Waals surface area contributed by atoms with Crippen molar-refractivity contribution in [1.29, 1.82) is 0 Å². The second-order valence-electron chi connectivity index (χ2n) is 3.68. The zero-order valence-electron chi connectivity index (χ0n) is 9.13. The predicted octanol–water partition coefficient (Wildman–Crippen LogP) is 2.11. The van der Waals surface area contributed by atoms with Crippen molar-refractivity contribution in [3.05, 3.63) is 34.1 Å². The van der Waals surface area contributed by atoms with E-state index >= 15 is 0 Å². The van der Waals surface area contributed by atoms with E-state index in [2.05, 4.69) is 21.2 Å². The fourth-order valence-corrected chi connectivity index (χ4v) is 1.73. The second-order valence-corrected chi connectivity index (χ2v) is 4.59. The van der Waals surface area contributed by atoms with Crippen molar-refractivity contribution >= 4 is 21.8 Å². The van der Waals surface area contributed by atoms with Crippen LogP contribution in [0, 0.1) is 5.82 Å². The van der Waals surface area contributed by atoms with E-state index in [1.54, 1.807) is 26.0 Å². The number of amides is 1. The number of hydrogen-bond acceptors (Lipinski definition) is 2. The lowest BCUT2D eigenvalue weighted by Gasteiger charge is -2.18. The average Bonchev–Trinajstić information content (AvgIpc) is 2.16. The van der Waals surface area contributed by atoms with E-state index in [1.165, 1.54) is 6.07 Å². The summed E-state index contributed by atoms with van der Waals surface area (Å²) in [6.45, 7) is 3.43. The molecule has 3 nitrogen and oxygen atoms in total. The Kier molecular flexibility index (Phi) is 4.44. The first-order valence-corrected chi connectivity index (χ1v) is 5.71. The Balaban J connectivity index is 2.80. The molecule has 0 aliphatic rings. The van der Waals surface area contributed by atoms with Gasteiger partial charge in [-0.05, 0) is 26.0 Å². The van der Waals surface area contributed by atoms with Crippen LogP contribution < -0.4 is 11.1 Å². The molecule has 2 unspecified atom stereocenters. The van der Waals surface area contributed by atoms with E-state index in [4.69, 9.17) is 5.73 Å². The van der Waals surface area contributed by atoms with Crippen molar-refractivity contribution in [3.63, 3.8) is 0 Å². The van der Waals surface area contributed by atoms with Crippen molar-refractivity contribution in [2.45, 2.75) is 25.9 Å². The van der Waals surface area contributed by atoms with Gasteiger partial charge >= 0.3 is 0 Å². The lowest BCUT2D eigenvalue weighted by atomic mass is 10.1. The van der Waals surface area contributed by atoms with Crippen LogP contribution in [0.3, 0.4) is 0 Å². The monoisotopic (exact) mass is 288 g/mol. The minimum absolute atomic E-state index is 0.268. The molecule has 0 spiro atoms. The zero-order valence-corrected chi connectivity index (χ0v) is 10.7. The molecule has 16 heavy (non-hydrogen) atoms. The number of primary amides is 1. The number of hydrogen-bond donors (Lipinski definition) is 2. The Morgan fingerprint density at radius 3 is 2.62 bits per heavy atom. The van der Waals surface area contributed by atoms with Gasteiger partial charge in [0.05, 0.1) is 6.04 Å². The normalized spacial score (nSPS) is 14.5. The highest BCUT2D eigenvalue weighted by molar-refractivity contribution is 9.10. The van der Waals surface area contributed by atoms with Crippen molar-refractivity contribution < 1.29 is 9.18 Å². The van der Waals surface area contributed by atoms with E-state index in [1.807, 2.05) is 0 Å². The Morgan fingerprint density at radius 1 is 1.50 bits per heavy atom. The zero-order chi connectivity index (χ0) is 12.3. The first-order chi connectivity index (χ1) is 7.41. The molecule has 1 aromatic rings. The molecular formula is C11H14BrFN2O. The number of halogens is 2. The predicted molar refractivity (Wildman–Crippen MR) is 64.3 cm³/mol. The van der Waals surface area contributed by atoms with Crippen LogP contribution in [0.1, 0.15) is 25.5 Å². The third-order valence-electron chi connectivity index (χ3n) is 2.36. The summed E-state index contributed by atoms with van der Waals surface area (Å²) in [5, 5.41) is 2.93. The van der Waals surface area contributed by atoms with Crippen LogP contribution in [0.5, 0.6) is 0 Å². The molecule has 0 aliphatic heterocycles. The second kappa shape index (κ2) is 5.41. The maximum absolute atomic E-state index is 13.6. The van der Waals surface area contributed by atoms with Gasteiger partial charge in [-0.1, -0.05) is 22.0 Å². The smallest absolute Gasteiger partial charge is 0.234 e. The SMILES string of the molecule is CC(NC(C)c1ccc(Br)cc1F)C(N)=O. The lowest BCUT2D eigenvalue weighted by Crippen LogP contribution is -2.40. The fourth-order valence-electron chi connectivity index (χ4n) is 1.40. The van der Waals surface area contributed by atoms with Crippen molar-refractivity contribution in [2.75, 3.05) is 0 Å². The highest BCUT2D eigenvalue weighted by atomic mass is 79.9. The number of carbonyl (C=O) groups is 1. The van der Waals surface area contributed by atoms with Gasteiger partial charge in [0.25, 0.3) is 0 Å². The van der Waals surface area contributed by atoms with Crippen LogP contribution in [-0.2, 0) is 4.79 Å². The average molecular weight is 289 g/mol. The number of rotatable bonds is 4. The molecule has 1 aromatic carbocycles. The van der Waals surface area contributed by atoms with E-state index in [9.17, 15) is 9.18 Å². The lowest BCUT2D eigenvalue weighted by molar-refractivity contribution is -0.119. The molecule has 0 radical (unpaired) electrons. The number of carbonyl (C=O) groups excluding carboxylic acids is 1. The van der Waals surface area contributed by atoms with Crippen LogP contribution in [-0.4, -0.2) is 11.9 Å². The minimum atomic E-state index is -0.488. The summed E-state index contributed by atoms with van der Waals surface area (Å²) in [6, 6.07) is 4.06. The van der Waals surface area contributed by atoms with Crippen molar-refractivity contribution in [1.82, 2.24) is 5.32 Å². The largest absolute Gasteiger partial charge is 0.368 e. The molecule has 0 heterocycles. The molecule has 1 amide bonds. The molecule has 0 fully saturated rings. The molecular weight excluding hydrogens is 275 g/mol. The third-order valence-corrected chi connectivity index (χ3v) is 2.85. The fraction of sp³-hybridized carbons (Fsp3) is 0.364. The van der Waals surface area contributed by atoms with Crippen molar-refractivity contribution in [2.24, 2.45) is 5.73 Å². The molecule has 0 aliphatic carbocycles. The quantitative estimate of drug-likeness (QED) is 0.892. The summed E-state index contributed by atoms with van der Waals surface area (Å²) >= 11 is 3.18. The summed E-state index contributed by atoms with van der Waals surface area (Å²) in [5.74, 6) is -0.768. The molecule has 0 saturated heterocycles. The maximum atomic E-state index is 13.6. The topological polar surface area (TPSA) is 55.1 Å². The van der Waals surface area contributed by atoms with E-state index in [0.717, 1.165) is 0 Å². The van der Waals surface area contributed by atoms with Crippen LogP contribution in [0.15, 0.2) is 22.7 Å². The summed E-state index contributed by atoms with van der Waals surface area (Å²) in [4.78, 5) is 10.9. The van der Waals surface area contributed by atoms with Gasteiger partial charge in [-0.2, -0.15) is 0 Å². The van der Waals surface area contributed by atoms with Gasteiger partial charge < -0.3 is 5.73 Å². The van der Waals surface area contributed by atoms with Crippen LogP contribution >= 0.6 is 15.9 Å². The van der Waals surface area contributed by atoms with Gasteiger partial charge in [0.15, 0.2) is 0 Å². The molecule has 88 valence electrons. The van der Waals surface area contributed by atoms with Crippen LogP contribution in [0.4, 0.5) is 4.39 Å².